The van der Waals surface area contributed by atoms with Crippen LogP contribution in [0.2, 0.25) is 0 Å². The van der Waals surface area contributed by atoms with Gasteiger partial charge in [-0.1, -0.05) is 36.4 Å². The predicted octanol–water partition coefficient (Wildman–Crippen LogP) is 3.22. The van der Waals surface area contributed by atoms with Crippen LogP contribution in [-0.4, -0.2) is 58.8 Å². The first kappa shape index (κ1) is 22.2. The molecule has 1 aromatic heterocycles. The van der Waals surface area contributed by atoms with Crippen molar-refractivity contribution in [2.75, 3.05) is 26.7 Å². The van der Waals surface area contributed by atoms with Gasteiger partial charge in [0.25, 0.3) is 5.91 Å². The summed E-state index contributed by atoms with van der Waals surface area (Å²) in [6, 6.07) is 15.1. The normalized spacial score (nSPS) is 20.2. The second-order valence-corrected chi connectivity index (χ2v) is 9.27. The standard InChI is InChI=1S/C27H30N4O3/c1-29-17-21(18-9-5-6-12-22(18)29)25-24(19-10-3-4-11-20(19)27(34)30(25)2)26(33)28-14-8-16-31-15-7-13-23(31)32/h3-6,9-12,17,24-25H,7-8,13-16H2,1-2H3,(H,28,33). The van der Waals surface area contributed by atoms with Crippen LogP contribution in [-0.2, 0) is 16.6 Å². The van der Waals surface area contributed by atoms with E-state index in [0.717, 1.165) is 35.0 Å². The molecule has 34 heavy (non-hydrogen) atoms. The molecule has 1 fully saturated rings. The highest BCUT2D eigenvalue weighted by atomic mass is 16.2. The third-order valence-corrected chi connectivity index (χ3v) is 7.18. The highest BCUT2D eigenvalue weighted by Crippen LogP contribution is 2.44. The molecule has 2 unspecified atom stereocenters. The molecule has 2 aromatic carbocycles. The van der Waals surface area contributed by atoms with Crippen molar-refractivity contribution >= 4 is 28.6 Å². The molecule has 7 heteroatoms. The number of benzene rings is 2. The molecule has 1 saturated heterocycles. The molecule has 176 valence electrons. The minimum Gasteiger partial charge on any atom is -0.355 e. The van der Waals surface area contributed by atoms with E-state index in [0.29, 0.717) is 31.5 Å². The number of fused-ring (bicyclic) bond motifs is 2. The topological polar surface area (TPSA) is 74.7 Å². The first-order valence-electron chi connectivity index (χ1n) is 11.9. The molecule has 0 bridgehead atoms. The molecule has 7 nitrogen and oxygen atoms in total. The molecule has 1 N–H and O–H groups in total. The molecular weight excluding hydrogens is 428 g/mol. The van der Waals surface area contributed by atoms with Crippen molar-refractivity contribution in [3.8, 4) is 0 Å². The SMILES string of the molecule is CN1C(=O)c2ccccc2C(C(=O)NCCCN2CCCC2=O)C1c1cn(C)c2ccccc12. The Kier molecular flexibility index (Phi) is 5.86. The lowest BCUT2D eigenvalue weighted by Crippen LogP contribution is -2.46. The van der Waals surface area contributed by atoms with Crippen LogP contribution >= 0.6 is 0 Å². The van der Waals surface area contributed by atoms with Crippen molar-refractivity contribution < 1.29 is 14.4 Å². The van der Waals surface area contributed by atoms with Gasteiger partial charge in [0.05, 0.1) is 12.0 Å². The van der Waals surface area contributed by atoms with E-state index >= 15 is 0 Å². The van der Waals surface area contributed by atoms with Crippen molar-refractivity contribution in [3.63, 3.8) is 0 Å². The smallest absolute Gasteiger partial charge is 0.254 e. The quantitative estimate of drug-likeness (QED) is 0.577. The van der Waals surface area contributed by atoms with Gasteiger partial charge in [-0.15, -0.1) is 0 Å². The molecule has 2 aliphatic rings. The molecule has 0 spiro atoms. The second kappa shape index (κ2) is 8.97. The largest absolute Gasteiger partial charge is 0.355 e. The lowest BCUT2D eigenvalue weighted by atomic mass is 9.79. The zero-order chi connectivity index (χ0) is 23.8. The van der Waals surface area contributed by atoms with Gasteiger partial charge in [0.15, 0.2) is 0 Å². The number of aryl methyl sites for hydroxylation is 1. The number of aromatic nitrogens is 1. The van der Waals surface area contributed by atoms with E-state index in [1.807, 2.05) is 65.2 Å². The maximum absolute atomic E-state index is 13.7. The summed E-state index contributed by atoms with van der Waals surface area (Å²) < 4.78 is 2.05. The minimum absolute atomic E-state index is 0.0786. The summed E-state index contributed by atoms with van der Waals surface area (Å²) >= 11 is 0. The fourth-order valence-corrected chi connectivity index (χ4v) is 5.49. The van der Waals surface area contributed by atoms with Crippen LogP contribution in [0, 0.1) is 0 Å². The Morgan fingerprint density at radius 3 is 2.59 bits per heavy atom. The summed E-state index contributed by atoms with van der Waals surface area (Å²) in [5.74, 6) is -0.510. The van der Waals surface area contributed by atoms with Gasteiger partial charge in [0.2, 0.25) is 11.8 Å². The average molecular weight is 459 g/mol. The van der Waals surface area contributed by atoms with Crippen molar-refractivity contribution in [2.24, 2.45) is 7.05 Å². The summed E-state index contributed by atoms with van der Waals surface area (Å²) in [6.07, 6.45) is 4.28. The van der Waals surface area contributed by atoms with Gasteiger partial charge in [-0.2, -0.15) is 0 Å². The minimum atomic E-state index is -0.530. The van der Waals surface area contributed by atoms with Crippen LogP contribution in [0.15, 0.2) is 54.7 Å². The third kappa shape index (κ3) is 3.75. The second-order valence-electron chi connectivity index (χ2n) is 9.27. The predicted molar refractivity (Wildman–Crippen MR) is 130 cm³/mol. The maximum atomic E-state index is 13.7. The molecule has 3 aromatic rings. The molecule has 5 rings (SSSR count). The van der Waals surface area contributed by atoms with Crippen molar-refractivity contribution in [1.29, 1.82) is 0 Å². The zero-order valence-corrected chi connectivity index (χ0v) is 19.7. The van der Waals surface area contributed by atoms with E-state index in [9.17, 15) is 14.4 Å². The number of hydrogen-bond donors (Lipinski definition) is 1. The summed E-state index contributed by atoms with van der Waals surface area (Å²) in [7, 11) is 3.77. The maximum Gasteiger partial charge on any atom is 0.254 e. The molecule has 2 atom stereocenters. The van der Waals surface area contributed by atoms with Crippen LogP contribution in [0.25, 0.3) is 10.9 Å². The van der Waals surface area contributed by atoms with E-state index in [1.54, 1.807) is 18.0 Å². The van der Waals surface area contributed by atoms with Crippen molar-refractivity contribution in [1.82, 2.24) is 19.7 Å². The Hall–Kier alpha value is -3.61. The van der Waals surface area contributed by atoms with Crippen molar-refractivity contribution in [3.05, 3.63) is 71.4 Å². The number of carbonyl (C=O) groups is 3. The number of amides is 3. The van der Waals surface area contributed by atoms with Gasteiger partial charge in [0.1, 0.15) is 0 Å². The number of nitrogens with zero attached hydrogens (tertiary/aromatic N) is 3. The summed E-state index contributed by atoms with van der Waals surface area (Å²) in [5.41, 5.74) is 3.36. The van der Waals surface area contributed by atoms with E-state index in [4.69, 9.17) is 0 Å². The fraction of sp³-hybridized carbons (Fsp3) is 0.370. The number of likely N-dealkylation sites (tertiary alicyclic amines) is 1. The summed E-state index contributed by atoms with van der Waals surface area (Å²) in [6.45, 7) is 1.95. The highest BCUT2D eigenvalue weighted by molar-refractivity contribution is 6.02. The first-order chi connectivity index (χ1) is 16.5. The first-order valence-corrected chi connectivity index (χ1v) is 11.9. The fourth-order valence-electron chi connectivity index (χ4n) is 5.49. The number of nitrogens with one attached hydrogen (secondary N) is 1. The summed E-state index contributed by atoms with van der Waals surface area (Å²) in [5, 5.41) is 4.14. The Bertz CT molecular complexity index is 1260. The van der Waals surface area contributed by atoms with Gasteiger partial charge in [0, 0.05) is 68.4 Å². The molecule has 3 heterocycles. The summed E-state index contributed by atoms with van der Waals surface area (Å²) in [4.78, 5) is 42.4. The Labute approximate surface area is 199 Å². The average Bonchev–Trinajstić information content (AvgIpc) is 3.41. The number of carbonyl (C=O) groups excluding carboxylic acids is 3. The number of rotatable bonds is 6. The van der Waals surface area contributed by atoms with Gasteiger partial charge < -0.3 is 19.7 Å². The lowest BCUT2D eigenvalue weighted by Gasteiger charge is -2.39. The molecule has 2 aliphatic heterocycles. The van der Waals surface area contributed by atoms with Crippen LogP contribution in [0.3, 0.4) is 0 Å². The Balaban J connectivity index is 1.46. The highest BCUT2D eigenvalue weighted by Gasteiger charge is 2.43. The number of para-hydroxylation sites is 1. The van der Waals surface area contributed by atoms with E-state index in [2.05, 4.69) is 5.32 Å². The van der Waals surface area contributed by atoms with Crippen molar-refractivity contribution in [2.45, 2.75) is 31.2 Å². The van der Waals surface area contributed by atoms with E-state index in [-0.39, 0.29) is 17.7 Å². The van der Waals surface area contributed by atoms with Crippen LogP contribution in [0.4, 0.5) is 0 Å². The lowest BCUT2D eigenvalue weighted by molar-refractivity contribution is -0.127. The third-order valence-electron chi connectivity index (χ3n) is 7.18. The van der Waals surface area contributed by atoms with Gasteiger partial charge in [-0.3, -0.25) is 14.4 Å². The number of likely N-dealkylation sites (N-methyl/N-ethyl adjacent to an activating group) is 1. The van der Waals surface area contributed by atoms with Gasteiger partial charge in [-0.05, 0) is 30.5 Å². The Morgan fingerprint density at radius 1 is 1.03 bits per heavy atom. The molecule has 0 radical (unpaired) electrons. The molecular formula is C27H30N4O3. The van der Waals surface area contributed by atoms with Crippen LogP contribution < -0.4 is 5.32 Å². The van der Waals surface area contributed by atoms with Gasteiger partial charge in [-0.25, -0.2) is 0 Å². The van der Waals surface area contributed by atoms with Crippen LogP contribution in [0.5, 0.6) is 0 Å². The van der Waals surface area contributed by atoms with Gasteiger partial charge >= 0.3 is 0 Å². The monoisotopic (exact) mass is 458 g/mol. The van der Waals surface area contributed by atoms with E-state index in [1.165, 1.54) is 0 Å². The Morgan fingerprint density at radius 2 is 1.79 bits per heavy atom. The van der Waals surface area contributed by atoms with Crippen LogP contribution in [0.1, 0.15) is 52.7 Å². The zero-order valence-electron chi connectivity index (χ0n) is 19.7. The molecule has 0 aliphatic carbocycles. The molecule has 0 saturated carbocycles. The molecule has 3 amide bonds. The number of hydrogen-bond acceptors (Lipinski definition) is 3. The van der Waals surface area contributed by atoms with E-state index < -0.39 is 12.0 Å².